The van der Waals surface area contributed by atoms with Crippen molar-refractivity contribution in [3.8, 4) is 0 Å². The predicted octanol–water partition coefficient (Wildman–Crippen LogP) is -0.786. The summed E-state index contributed by atoms with van der Waals surface area (Å²) < 4.78 is 24.5. The number of aliphatic hydroxyl groups excluding tert-OH is 2. The highest BCUT2D eigenvalue weighted by Gasteiger charge is 2.28. The standard InChI is InChI=1S/C11H18N2O4S/c14-7-10(15)6-13-3-2-12-11(13)5-9-1-4-18(16,17)8-9/h2-3,9-10,14-15H,1,4-8H2. The summed E-state index contributed by atoms with van der Waals surface area (Å²) in [5.74, 6) is 1.37. The van der Waals surface area contributed by atoms with E-state index < -0.39 is 15.9 Å². The van der Waals surface area contributed by atoms with Gasteiger partial charge >= 0.3 is 0 Å². The van der Waals surface area contributed by atoms with Gasteiger partial charge in [0.15, 0.2) is 9.84 Å². The van der Waals surface area contributed by atoms with Gasteiger partial charge in [-0.3, -0.25) is 0 Å². The Kier molecular flexibility index (Phi) is 4.04. The number of imidazole rings is 1. The van der Waals surface area contributed by atoms with Gasteiger partial charge < -0.3 is 14.8 Å². The molecule has 1 fully saturated rings. The van der Waals surface area contributed by atoms with E-state index in [4.69, 9.17) is 5.11 Å². The van der Waals surface area contributed by atoms with Crippen LogP contribution in [0.4, 0.5) is 0 Å². The van der Waals surface area contributed by atoms with Crippen LogP contribution in [0.25, 0.3) is 0 Å². The number of sulfone groups is 1. The van der Waals surface area contributed by atoms with Crippen molar-refractivity contribution in [2.45, 2.75) is 25.5 Å². The largest absolute Gasteiger partial charge is 0.394 e. The van der Waals surface area contributed by atoms with Gasteiger partial charge in [-0.15, -0.1) is 0 Å². The summed E-state index contributed by atoms with van der Waals surface area (Å²) in [6, 6.07) is 0. The number of hydrogen-bond acceptors (Lipinski definition) is 5. The van der Waals surface area contributed by atoms with E-state index in [1.807, 2.05) is 0 Å². The lowest BCUT2D eigenvalue weighted by Gasteiger charge is -2.13. The van der Waals surface area contributed by atoms with Gasteiger partial charge in [-0.2, -0.15) is 0 Å². The topological polar surface area (TPSA) is 92.4 Å². The quantitative estimate of drug-likeness (QED) is 0.734. The summed E-state index contributed by atoms with van der Waals surface area (Å²) in [7, 11) is -2.87. The second kappa shape index (κ2) is 5.38. The third kappa shape index (κ3) is 3.30. The number of aliphatic hydroxyl groups is 2. The lowest BCUT2D eigenvalue weighted by molar-refractivity contribution is 0.0804. The Bertz CT molecular complexity index is 497. The molecular weight excluding hydrogens is 256 g/mol. The SMILES string of the molecule is O=S1(=O)CCC(Cc2nccn2CC(O)CO)C1. The Morgan fingerprint density at radius 3 is 2.94 bits per heavy atom. The van der Waals surface area contributed by atoms with E-state index in [1.54, 1.807) is 17.0 Å². The molecule has 0 aliphatic carbocycles. The van der Waals surface area contributed by atoms with Crippen molar-refractivity contribution in [1.82, 2.24) is 9.55 Å². The highest BCUT2D eigenvalue weighted by atomic mass is 32.2. The molecular formula is C11H18N2O4S. The number of hydrogen-bond donors (Lipinski definition) is 2. The van der Waals surface area contributed by atoms with E-state index in [-0.39, 0.29) is 30.6 Å². The minimum absolute atomic E-state index is 0.113. The first kappa shape index (κ1) is 13.5. The van der Waals surface area contributed by atoms with Gasteiger partial charge in [0.1, 0.15) is 5.82 Å². The molecule has 2 unspecified atom stereocenters. The fourth-order valence-electron chi connectivity index (χ4n) is 2.27. The van der Waals surface area contributed by atoms with Crippen LogP contribution in [-0.2, 0) is 22.8 Å². The number of nitrogens with zero attached hydrogens (tertiary/aromatic N) is 2. The smallest absolute Gasteiger partial charge is 0.150 e. The average molecular weight is 274 g/mol. The van der Waals surface area contributed by atoms with Gasteiger partial charge in [0.05, 0.1) is 30.8 Å². The van der Waals surface area contributed by atoms with Crippen molar-refractivity contribution < 1.29 is 18.6 Å². The average Bonchev–Trinajstić information content (AvgIpc) is 2.86. The molecule has 1 saturated heterocycles. The lowest BCUT2D eigenvalue weighted by Crippen LogP contribution is -2.22. The Hall–Kier alpha value is -0.920. The third-order valence-electron chi connectivity index (χ3n) is 3.22. The number of aromatic nitrogens is 2. The molecule has 2 heterocycles. The van der Waals surface area contributed by atoms with Crippen LogP contribution >= 0.6 is 0 Å². The fraction of sp³-hybridized carbons (Fsp3) is 0.727. The highest BCUT2D eigenvalue weighted by molar-refractivity contribution is 7.91. The molecule has 2 atom stereocenters. The van der Waals surface area contributed by atoms with Gasteiger partial charge in [0, 0.05) is 18.8 Å². The fourth-order valence-corrected chi connectivity index (χ4v) is 4.13. The Balaban J connectivity index is 2.00. The second-order valence-electron chi connectivity index (χ2n) is 4.81. The Morgan fingerprint density at radius 1 is 1.56 bits per heavy atom. The molecule has 1 aromatic rings. The van der Waals surface area contributed by atoms with Gasteiger partial charge in [-0.1, -0.05) is 0 Å². The van der Waals surface area contributed by atoms with Crippen LogP contribution < -0.4 is 0 Å². The maximum atomic E-state index is 11.4. The monoisotopic (exact) mass is 274 g/mol. The van der Waals surface area contributed by atoms with Gasteiger partial charge in [-0.05, 0) is 12.3 Å². The zero-order valence-electron chi connectivity index (χ0n) is 10.1. The van der Waals surface area contributed by atoms with E-state index in [9.17, 15) is 13.5 Å². The zero-order chi connectivity index (χ0) is 13.2. The van der Waals surface area contributed by atoms with E-state index in [1.165, 1.54) is 0 Å². The first-order valence-corrected chi connectivity index (χ1v) is 7.81. The normalized spacial score (nSPS) is 24.2. The molecule has 2 N–H and O–H groups in total. The zero-order valence-corrected chi connectivity index (χ0v) is 10.9. The highest BCUT2D eigenvalue weighted by Crippen LogP contribution is 2.22. The van der Waals surface area contributed by atoms with Crippen molar-refractivity contribution in [3.05, 3.63) is 18.2 Å². The van der Waals surface area contributed by atoms with E-state index in [0.29, 0.717) is 12.8 Å². The van der Waals surface area contributed by atoms with E-state index in [0.717, 1.165) is 5.82 Å². The molecule has 6 nitrogen and oxygen atoms in total. The van der Waals surface area contributed by atoms with Crippen LogP contribution in [0.3, 0.4) is 0 Å². The maximum absolute atomic E-state index is 11.4. The lowest BCUT2D eigenvalue weighted by atomic mass is 10.1. The molecule has 1 aliphatic heterocycles. The second-order valence-corrected chi connectivity index (χ2v) is 7.03. The van der Waals surface area contributed by atoms with Crippen LogP contribution in [0.15, 0.2) is 12.4 Å². The molecule has 18 heavy (non-hydrogen) atoms. The van der Waals surface area contributed by atoms with Gasteiger partial charge in [-0.25, -0.2) is 13.4 Å². The van der Waals surface area contributed by atoms with Crippen molar-refractivity contribution in [2.75, 3.05) is 18.1 Å². The maximum Gasteiger partial charge on any atom is 0.150 e. The molecule has 102 valence electrons. The molecule has 0 aromatic carbocycles. The summed E-state index contributed by atoms with van der Waals surface area (Å²) in [4.78, 5) is 4.19. The third-order valence-corrected chi connectivity index (χ3v) is 5.05. The summed E-state index contributed by atoms with van der Waals surface area (Å²) in [6.45, 7) is -0.0132. The molecule has 1 aliphatic rings. The first-order valence-electron chi connectivity index (χ1n) is 5.99. The summed E-state index contributed by atoms with van der Waals surface area (Å²) >= 11 is 0. The van der Waals surface area contributed by atoms with E-state index in [2.05, 4.69) is 4.98 Å². The Labute approximate surface area is 106 Å². The minimum Gasteiger partial charge on any atom is -0.394 e. The minimum atomic E-state index is -2.87. The van der Waals surface area contributed by atoms with E-state index >= 15 is 0 Å². The van der Waals surface area contributed by atoms with Gasteiger partial charge in [0.25, 0.3) is 0 Å². The molecule has 0 bridgehead atoms. The molecule has 1 aromatic heterocycles. The van der Waals surface area contributed by atoms with Crippen LogP contribution in [0.1, 0.15) is 12.2 Å². The predicted molar refractivity (Wildman–Crippen MR) is 65.8 cm³/mol. The van der Waals surface area contributed by atoms with Gasteiger partial charge in [0.2, 0.25) is 0 Å². The van der Waals surface area contributed by atoms with Crippen LogP contribution in [0.5, 0.6) is 0 Å². The Morgan fingerprint density at radius 2 is 2.33 bits per heavy atom. The molecule has 0 amide bonds. The van der Waals surface area contributed by atoms with Crippen molar-refractivity contribution in [3.63, 3.8) is 0 Å². The van der Waals surface area contributed by atoms with Crippen LogP contribution in [-0.4, -0.2) is 52.4 Å². The summed E-state index contributed by atoms with van der Waals surface area (Å²) in [5.41, 5.74) is 0. The van der Waals surface area contributed by atoms with Crippen molar-refractivity contribution in [1.29, 1.82) is 0 Å². The summed E-state index contributed by atoms with van der Waals surface area (Å²) in [5, 5.41) is 18.2. The molecule has 0 radical (unpaired) electrons. The van der Waals surface area contributed by atoms with Crippen molar-refractivity contribution >= 4 is 9.84 Å². The molecule has 2 rings (SSSR count). The molecule has 7 heteroatoms. The van der Waals surface area contributed by atoms with Crippen molar-refractivity contribution in [2.24, 2.45) is 5.92 Å². The van der Waals surface area contributed by atoms with Crippen LogP contribution in [0, 0.1) is 5.92 Å². The number of rotatable bonds is 5. The molecule has 0 saturated carbocycles. The first-order chi connectivity index (χ1) is 8.50. The summed E-state index contributed by atoms with van der Waals surface area (Å²) in [6.07, 6.45) is 3.83. The van der Waals surface area contributed by atoms with Crippen LogP contribution in [0.2, 0.25) is 0 Å². The molecule has 0 spiro atoms.